The molecule has 0 aliphatic rings. The minimum atomic E-state index is -0.438. The highest BCUT2D eigenvalue weighted by atomic mass is 32.2. The molecule has 2 amide bonds. The van der Waals surface area contributed by atoms with Crippen molar-refractivity contribution in [3.05, 3.63) is 35.6 Å². The summed E-state index contributed by atoms with van der Waals surface area (Å²) < 4.78 is 12.8. The van der Waals surface area contributed by atoms with E-state index in [1.165, 1.54) is 23.9 Å². The highest BCUT2D eigenvalue weighted by Crippen LogP contribution is 2.19. The van der Waals surface area contributed by atoms with Gasteiger partial charge in [0.25, 0.3) is 0 Å². The van der Waals surface area contributed by atoms with Gasteiger partial charge in [0.15, 0.2) is 0 Å². The van der Waals surface area contributed by atoms with Gasteiger partial charge in [0.1, 0.15) is 5.82 Å². The molecule has 4 nitrogen and oxygen atoms in total. The third-order valence-corrected chi connectivity index (χ3v) is 3.74. The van der Waals surface area contributed by atoms with E-state index in [0.717, 1.165) is 5.56 Å². The molecule has 6 heteroatoms. The van der Waals surface area contributed by atoms with E-state index in [1.54, 1.807) is 24.1 Å². The Labute approximate surface area is 116 Å². The van der Waals surface area contributed by atoms with Crippen LogP contribution in [0.1, 0.15) is 18.5 Å². The van der Waals surface area contributed by atoms with Gasteiger partial charge in [0, 0.05) is 7.05 Å². The van der Waals surface area contributed by atoms with E-state index in [1.807, 2.05) is 6.92 Å². The number of nitrogens with two attached hydrogens (primary N) is 1. The van der Waals surface area contributed by atoms with Crippen LogP contribution in [-0.2, 0) is 9.59 Å². The van der Waals surface area contributed by atoms with Crippen LogP contribution in [0.2, 0.25) is 0 Å². The molecular weight excluding hydrogens is 267 g/mol. The van der Waals surface area contributed by atoms with Crippen molar-refractivity contribution in [2.75, 3.05) is 18.6 Å². The van der Waals surface area contributed by atoms with Crippen LogP contribution < -0.4 is 5.73 Å². The van der Waals surface area contributed by atoms with Gasteiger partial charge in [0.2, 0.25) is 11.8 Å². The van der Waals surface area contributed by atoms with E-state index in [9.17, 15) is 14.0 Å². The fraction of sp³-hybridized carbons (Fsp3) is 0.385. The molecule has 0 heterocycles. The van der Waals surface area contributed by atoms with Crippen molar-refractivity contribution in [3.63, 3.8) is 0 Å². The van der Waals surface area contributed by atoms with E-state index in [2.05, 4.69) is 0 Å². The van der Waals surface area contributed by atoms with Gasteiger partial charge in [-0.15, -0.1) is 11.8 Å². The summed E-state index contributed by atoms with van der Waals surface area (Å²) in [5.74, 6) is -0.507. The van der Waals surface area contributed by atoms with Crippen LogP contribution in [0.3, 0.4) is 0 Å². The summed E-state index contributed by atoms with van der Waals surface area (Å²) in [5.41, 5.74) is 5.86. The molecule has 0 saturated heterocycles. The van der Waals surface area contributed by atoms with Crippen molar-refractivity contribution in [1.29, 1.82) is 0 Å². The maximum atomic E-state index is 12.8. The maximum Gasteiger partial charge on any atom is 0.232 e. The average Bonchev–Trinajstić information content (AvgIpc) is 2.37. The largest absolute Gasteiger partial charge is 0.369 e. The monoisotopic (exact) mass is 284 g/mol. The Balaban J connectivity index is 2.56. The Bertz CT molecular complexity index is 450. The van der Waals surface area contributed by atoms with E-state index >= 15 is 0 Å². The summed E-state index contributed by atoms with van der Waals surface area (Å²) in [4.78, 5) is 24.0. The Kier molecular flexibility index (Phi) is 5.82. The van der Waals surface area contributed by atoms with Gasteiger partial charge in [-0.1, -0.05) is 12.1 Å². The first kappa shape index (κ1) is 15.5. The number of amides is 2. The lowest BCUT2D eigenvalue weighted by molar-refractivity contribution is -0.128. The third-order valence-electron chi connectivity index (χ3n) is 2.80. The first-order chi connectivity index (χ1) is 8.91. The van der Waals surface area contributed by atoms with Gasteiger partial charge in [-0.05, 0) is 24.6 Å². The van der Waals surface area contributed by atoms with Crippen molar-refractivity contribution in [3.8, 4) is 0 Å². The molecule has 0 radical (unpaired) electrons. The minimum Gasteiger partial charge on any atom is -0.369 e. The second-order valence-corrected chi connectivity index (χ2v) is 5.18. The Hall–Kier alpha value is -1.56. The molecule has 0 aliphatic heterocycles. The average molecular weight is 284 g/mol. The van der Waals surface area contributed by atoms with Crippen molar-refractivity contribution in [1.82, 2.24) is 4.90 Å². The van der Waals surface area contributed by atoms with Crippen molar-refractivity contribution >= 4 is 23.6 Å². The minimum absolute atomic E-state index is 0.0944. The molecule has 0 saturated carbocycles. The number of thioether (sulfide) groups is 1. The Morgan fingerprint density at radius 2 is 1.89 bits per heavy atom. The molecule has 0 fully saturated rings. The van der Waals surface area contributed by atoms with Gasteiger partial charge in [0.05, 0.1) is 17.5 Å². The molecule has 0 bridgehead atoms. The molecule has 19 heavy (non-hydrogen) atoms. The lowest BCUT2D eigenvalue weighted by atomic mass is 10.1. The highest BCUT2D eigenvalue weighted by Gasteiger charge is 2.17. The van der Waals surface area contributed by atoms with Crippen molar-refractivity contribution in [2.45, 2.75) is 13.0 Å². The van der Waals surface area contributed by atoms with Gasteiger partial charge < -0.3 is 10.6 Å². The number of benzene rings is 1. The molecule has 1 rings (SSSR count). The number of carbonyl (C=O) groups excluding carboxylic acids is 2. The zero-order valence-corrected chi connectivity index (χ0v) is 11.7. The summed E-state index contributed by atoms with van der Waals surface area (Å²) in [6, 6.07) is 5.89. The second kappa shape index (κ2) is 7.13. The number of hydrogen-bond donors (Lipinski definition) is 1. The highest BCUT2D eigenvalue weighted by molar-refractivity contribution is 8.00. The zero-order chi connectivity index (χ0) is 14.4. The predicted molar refractivity (Wildman–Crippen MR) is 74.1 cm³/mol. The molecule has 1 aromatic rings. The number of hydrogen-bond acceptors (Lipinski definition) is 3. The van der Waals surface area contributed by atoms with Gasteiger partial charge in [-0.3, -0.25) is 9.59 Å². The first-order valence-electron chi connectivity index (χ1n) is 5.79. The lowest BCUT2D eigenvalue weighted by Crippen LogP contribution is -2.31. The molecule has 1 aromatic carbocycles. The van der Waals surface area contributed by atoms with Crippen LogP contribution in [0, 0.1) is 5.82 Å². The van der Waals surface area contributed by atoms with E-state index in [-0.39, 0.29) is 29.3 Å². The number of rotatable bonds is 6. The van der Waals surface area contributed by atoms with Gasteiger partial charge in [-0.2, -0.15) is 0 Å². The fourth-order valence-electron chi connectivity index (χ4n) is 1.52. The van der Waals surface area contributed by atoms with Crippen LogP contribution in [-0.4, -0.2) is 35.3 Å². The number of nitrogens with zero attached hydrogens (tertiary/aromatic N) is 1. The standard InChI is InChI=1S/C13H17FN2O2S/c1-9(10-3-5-11(14)6-4-10)16(2)13(18)8-19-7-12(15)17/h3-6,9H,7-8H2,1-2H3,(H2,15,17). The Morgan fingerprint density at radius 3 is 2.42 bits per heavy atom. The lowest BCUT2D eigenvalue weighted by Gasteiger charge is -2.25. The van der Waals surface area contributed by atoms with Gasteiger partial charge in [-0.25, -0.2) is 4.39 Å². The van der Waals surface area contributed by atoms with Crippen LogP contribution in [0.4, 0.5) is 4.39 Å². The number of carbonyl (C=O) groups is 2. The molecular formula is C13H17FN2O2S. The molecule has 0 aliphatic carbocycles. The third kappa shape index (κ3) is 4.90. The molecule has 0 spiro atoms. The zero-order valence-electron chi connectivity index (χ0n) is 10.9. The van der Waals surface area contributed by atoms with Crippen LogP contribution in [0.15, 0.2) is 24.3 Å². The molecule has 2 N–H and O–H groups in total. The van der Waals surface area contributed by atoms with Gasteiger partial charge >= 0.3 is 0 Å². The summed E-state index contributed by atoms with van der Waals surface area (Å²) in [6.07, 6.45) is 0. The van der Waals surface area contributed by atoms with Crippen LogP contribution in [0.5, 0.6) is 0 Å². The van der Waals surface area contributed by atoms with Crippen LogP contribution >= 0.6 is 11.8 Å². The van der Waals surface area contributed by atoms with Crippen LogP contribution in [0.25, 0.3) is 0 Å². The molecule has 104 valence electrons. The first-order valence-corrected chi connectivity index (χ1v) is 6.94. The summed E-state index contributed by atoms with van der Waals surface area (Å²) in [5, 5.41) is 0. The Morgan fingerprint density at radius 1 is 1.32 bits per heavy atom. The van der Waals surface area contributed by atoms with E-state index < -0.39 is 5.91 Å². The molecule has 1 unspecified atom stereocenters. The second-order valence-electron chi connectivity index (χ2n) is 4.19. The van der Waals surface area contributed by atoms with Crippen molar-refractivity contribution < 1.29 is 14.0 Å². The number of primary amides is 1. The SMILES string of the molecule is CC(c1ccc(F)cc1)N(C)C(=O)CSCC(N)=O. The fourth-order valence-corrected chi connectivity index (χ4v) is 2.20. The molecule has 0 aromatic heterocycles. The quantitative estimate of drug-likeness (QED) is 0.862. The van der Waals surface area contributed by atoms with E-state index in [4.69, 9.17) is 5.73 Å². The topological polar surface area (TPSA) is 63.4 Å². The van der Waals surface area contributed by atoms with Crippen molar-refractivity contribution in [2.24, 2.45) is 5.73 Å². The van der Waals surface area contributed by atoms with E-state index in [0.29, 0.717) is 0 Å². The summed E-state index contributed by atoms with van der Waals surface area (Å²) in [7, 11) is 1.68. The number of halogens is 1. The maximum absolute atomic E-state index is 12.8. The summed E-state index contributed by atoms with van der Waals surface area (Å²) >= 11 is 1.19. The summed E-state index contributed by atoms with van der Waals surface area (Å²) in [6.45, 7) is 1.86. The molecule has 1 atom stereocenters. The smallest absolute Gasteiger partial charge is 0.232 e. The predicted octanol–water partition coefficient (Wildman–Crippen LogP) is 1.56. The normalized spacial score (nSPS) is 11.9.